The smallest absolute Gasteiger partial charge is 0.323 e. The first kappa shape index (κ1) is 11.1. The number of benzene rings is 1. The molecular weight excluding hydrogens is 202 g/mol. The van der Waals surface area contributed by atoms with Crippen molar-refractivity contribution < 1.29 is 9.90 Å². The molecule has 1 aromatic rings. The van der Waals surface area contributed by atoms with Crippen LogP contribution in [0.5, 0.6) is 0 Å². The largest absolute Gasteiger partial charge is 0.480 e. The number of carboxylic acid groups (broad SMARTS) is 1. The minimum Gasteiger partial charge on any atom is -0.480 e. The zero-order valence-electron chi connectivity index (χ0n) is 9.44. The second kappa shape index (κ2) is 4.26. The summed E-state index contributed by atoms with van der Waals surface area (Å²) in [5, 5.41) is 12.4. The van der Waals surface area contributed by atoms with Crippen molar-refractivity contribution in [3.05, 3.63) is 35.9 Å². The molecule has 0 saturated heterocycles. The van der Waals surface area contributed by atoms with E-state index in [2.05, 4.69) is 5.32 Å². The highest BCUT2D eigenvalue weighted by Crippen LogP contribution is 2.39. The summed E-state index contributed by atoms with van der Waals surface area (Å²) in [5.41, 5.74) is 0.353. The monoisotopic (exact) mass is 219 g/mol. The summed E-state index contributed by atoms with van der Waals surface area (Å²) in [6, 6.07) is 9.89. The third kappa shape index (κ3) is 2.25. The maximum absolute atomic E-state index is 11.3. The van der Waals surface area contributed by atoms with Gasteiger partial charge in [0.05, 0.1) is 0 Å². The number of nitrogens with one attached hydrogen (secondary N) is 1. The molecule has 0 aromatic heterocycles. The van der Waals surface area contributed by atoms with Gasteiger partial charge in [0, 0.05) is 6.54 Å². The molecule has 2 N–H and O–H groups in total. The Hall–Kier alpha value is -1.35. The number of carboxylic acids is 1. The molecule has 86 valence electrons. The minimum absolute atomic E-state index is 0.286. The number of carbonyl (C=O) groups is 1. The fourth-order valence-corrected chi connectivity index (χ4v) is 1.94. The van der Waals surface area contributed by atoms with E-state index in [1.54, 1.807) is 6.92 Å². The maximum atomic E-state index is 11.3. The van der Waals surface area contributed by atoms with Gasteiger partial charge in [-0.05, 0) is 31.2 Å². The van der Waals surface area contributed by atoms with Crippen molar-refractivity contribution >= 4 is 5.97 Å². The van der Waals surface area contributed by atoms with Crippen molar-refractivity contribution in [3.8, 4) is 0 Å². The van der Waals surface area contributed by atoms with Gasteiger partial charge in [-0.1, -0.05) is 30.3 Å². The lowest BCUT2D eigenvalue weighted by molar-refractivity contribution is -0.145. The van der Waals surface area contributed by atoms with Crippen LogP contribution in [0, 0.1) is 5.92 Å². The van der Waals surface area contributed by atoms with Crippen molar-refractivity contribution in [3.63, 3.8) is 0 Å². The molecule has 0 spiro atoms. The summed E-state index contributed by atoms with van der Waals surface area (Å²) in [7, 11) is 0. The van der Waals surface area contributed by atoms with Crippen LogP contribution in [0.15, 0.2) is 30.3 Å². The van der Waals surface area contributed by atoms with Gasteiger partial charge in [-0.3, -0.25) is 10.1 Å². The Balaban J connectivity index is 2.00. The van der Waals surface area contributed by atoms with Crippen LogP contribution in [0.25, 0.3) is 0 Å². The Morgan fingerprint density at radius 1 is 1.44 bits per heavy atom. The van der Waals surface area contributed by atoms with E-state index in [0.717, 1.165) is 18.4 Å². The molecule has 16 heavy (non-hydrogen) atoms. The van der Waals surface area contributed by atoms with E-state index < -0.39 is 11.5 Å². The molecular formula is C13H17NO2. The van der Waals surface area contributed by atoms with Gasteiger partial charge in [0.2, 0.25) is 0 Å². The average molecular weight is 219 g/mol. The first-order valence-electron chi connectivity index (χ1n) is 5.65. The molecule has 0 radical (unpaired) electrons. The number of aliphatic carboxylic acids is 1. The van der Waals surface area contributed by atoms with Crippen LogP contribution in [-0.4, -0.2) is 16.6 Å². The molecule has 0 bridgehead atoms. The van der Waals surface area contributed by atoms with Gasteiger partial charge < -0.3 is 5.11 Å². The Morgan fingerprint density at radius 3 is 2.56 bits per heavy atom. The highest BCUT2D eigenvalue weighted by molar-refractivity contribution is 5.79. The first-order valence-corrected chi connectivity index (χ1v) is 5.65. The van der Waals surface area contributed by atoms with E-state index in [1.165, 1.54) is 0 Å². The molecule has 3 nitrogen and oxygen atoms in total. The highest BCUT2D eigenvalue weighted by Gasteiger charge is 2.46. The molecule has 0 aliphatic heterocycles. The lowest BCUT2D eigenvalue weighted by atomic mass is 9.95. The average Bonchev–Trinajstić information content (AvgIpc) is 3.11. The zero-order valence-corrected chi connectivity index (χ0v) is 9.44. The van der Waals surface area contributed by atoms with E-state index in [9.17, 15) is 9.90 Å². The van der Waals surface area contributed by atoms with Gasteiger partial charge in [0.25, 0.3) is 0 Å². The second-order valence-corrected chi connectivity index (χ2v) is 4.62. The van der Waals surface area contributed by atoms with Crippen LogP contribution in [-0.2, 0) is 11.3 Å². The quantitative estimate of drug-likeness (QED) is 0.796. The maximum Gasteiger partial charge on any atom is 0.323 e. The van der Waals surface area contributed by atoms with E-state index >= 15 is 0 Å². The summed E-state index contributed by atoms with van der Waals surface area (Å²) in [6.45, 7) is 2.40. The van der Waals surface area contributed by atoms with Crippen molar-refractivity contribution in [2.45, 2.75) is 31.8 Å². The Morgan fingerprint density at radius 2 is 2.06 bits per heavy atom. The van der Waals surface area contributed by atoms with Gasteiger partial charge in [-0.2, -0.15) is 0 Å². The van der Waals surface area contributed by atoms with Crippen LogP contribution in [0.1, 0.15) is 25.3 Å². The van der Waals surface area contributed by atoms with Crippen LogP contribution >= 0.6 is 0 Å². The third-order valence-corrected chi connectivity index (χ3v) is 3.34. The van der Waals surface area contributed by atoms with Crippen molar-refractivity contribution in [2.75, 3.05) is 0 Å². The predicted molar refractivity (Wildman–Crippen MR) is 62.0 cm³/mol. The van der Waals surface area contributed by atoms with Crippen molar-refractivity contribution in [1.29, 1.82) is 0 Å². The topological polar surface area (TPSA) is 49.3 Å². The molecule has 1 fully saturated rings. The summed E-state index contributed by atoms with van der Waals surface area (Å²) < 4.78 is 0. The predicted octanol–water partition coefficient (Wildman–Crippen LogP) is 2.03. The fourth-order valence-electron chi connectivity index (χ4n) is 1.94. The molecule has 1 saturated carbocycles. The third-order valence-electron chi connectivity index (χ3n) is 3.34. The number of hydrogen-bond acceptors (Lipinski definition) is 2. The second-order valence-electron chi connectivity index (χ2n) is 4.62. The number of hydrogen-bond donors (Lipinski definition) is 2. The van der Waals surface area contributed by atoms with Gasteiger partial charge >= 0.3 is 5.97 Å². The van der Waals surface area contributed by atoms with E-state index in [0.29, 0.717) is 6.54 Å². The standard InChI is InChI=1S/C13H17NO2/c1-13(12(15)16,11-7-8-11)14-9-10-5-3-2-4-6-10/h2-6,11,14H,7-9H2,1H3,(H,15,16)/t13-/m1/s1. The van der Waals surface area contributed by atoms with Gasteiger partial charge in [0.1, 0.15) is 5.54 Å². The van der Waals surface area contributed by atoms with E-state index in [4.69, 9.17) is 0 Å². The summed E-state index contributed by atoms with van der Waals surface area (Å²) in [6.07, 6.45) is 2.04. The molecule has 2 rings (SSSR count). The van der Waals surface area contributed by atoms with Gasteiger partial charge in [0.15, 0.2) is 0 Å². The fraction of sp³-hybridized carbons (Fsp3) is 0.462. The van der Waals surface area contributed by atoms with Gasteiger partial charge in [-0.15, -0.1) is 0 Å². The lowest BCUT2D eigenvalue weighted by Gasteiger charge is -2.26. The molecule has 3 heteroatoms. The summed E-state index contributed by atoms with van der Waals surface area (Å²) in [5.74, 6) is -0.459. The summed E-state index contributed by atoms with van der Waals surface area (Å²) in [4.78, 5) is 11.3. The normalized spacial score (nSPS) is 19.1. The van der Waals surface area contributed by atoms with Gasteiger partial charge in [-0.25, -0.2) is 0 Å². The van der Waals surface area contributed by atoms with Crippen LogP contribution in [0.4, 0.5) is 0 Å². The number of rotatable bonds is 5. The first-order chi connectivity index (χ1) is 7.63. The Bertz CT molecular complexity index is 373. The minimum atomic E-state index is -0.768. The van der Waals surface area contributed by atoms with E-state index in [-0.39, 0.29) is 5.92 Å². The highest BCUT2D eigenvalue weighted by atomic mass is 16.4. The molecule has 1 aliphatic rings. The van der Waals surface area contributed by atoms with Crippen molar-refractivity contribution in [2.24, 2.45) is 5.92 Å². The molecule has 1 aromatic carbocycles. The van der Waals surface area contributed by atoms with Crippen LogP contribution < -0.4 is 5.32 Å². The SMILES string of the molecule is C[C@](NCc1ccccc1)(C(=O)O)C1CC1. The Labute approximate surface area is 95.5 Å². The zero-order chi connectivity index (χ0) is 11.6. The molecule has 1 atom stereocenters. The van der Waals surface area contributed by atoms with Crippen molar-refractivity contribution in [1.82, 2.24) is 5.32 Å². The van der Waals surface area contributed by atoms with Crippen LogP contribution in [0.3, 0.4) is 0 Å². The molecule has 0 amide bonds. The lowest BCUT2D eigenvalue weighted by Crippen LogP contribution is -2.51. The summed E-state index contributed by atoms with van der Waals surface area (Å²) >= 11 is 0. The molecule has 1 aliphatic carbocycles. The Kier molecular flexibility index (Phi) is 2.97. The molecule has 0 heterocycles. The van der Waals surface area contributed by atoms with E-state index in [1.807, 2.05) is 30.3 Å². The molecule has 0 unspecified atom stereocenters. The van der Waals surface area contributed by atoms with Crippen LogP contribution in [0.2, 0.25) is 0 Å².